The molecule has 2 aliphatic rings. The summed E-state index contributed by atoms with van der Waals surface area (Å²) in [5, 5.41) is 9.58. The Hall–Kier alpha value is -2.62. The van der Waals surface area contributed by atoms with Crippen LogP contribution in [0.2, 0.25) is 0 Å². The molecule has 0 radical (unpaired) electrons. The normalized spacial score (nSPS) is 18.6. The van der Waals surface area contributed by atoms with E-state index in [2.05, 4.69) is 12.1 Å². The van der Waals surface area contributed by atoms with Gasteiger partial charge in [-0.05, 0) is 47.1 Å². The van der Waals surface area contributed by atoms with Crippen LogP contribution in [0.3, 0.4) is 0 Å². The number of rotatable bonds is 3. The highest BCUT2D eigenvalue weighted by Crippen LogP contribution is 2.26. The van der Waals surface area contributed by atoms with E-state index in [-0.39, 0.29) is 12.3 Å². The fraction of sp³-hybridized carbons (Fsp3) is 0.333. The second kappa shape index (κ2) is 6.36. The van der Waals surface area contributed by atoms with E-state index < -0.39 is 12.0 Å². The van der Waals surface area contributed by atoms with Gasteiger partial charge in [-0.25, -0.2) is 4.79 Å². The summed E-state index contributed by atoms with van der Waals surface area (Å²) in [4.78, 5) is 26.1. The van der Waals surface area contributed by atoms with Crippen molar-refractivity contribution in [2.24, 2.45) is 0 Å². The van der Waals surface area contributed by atoms with Crippen LogP contribution in [0.1, 0.15) is 34.2 Å². The lowest BCUT2D eigenvalue weighted by Gasteiger charge is -2.34. The predicted molar refractivity (Wildman–Crippen MR) is 94.3 cm³/mol. The van der Waals surface area contributed by atoms with Gasteiger partial charge in [-0.15, -0.1) is 0 Å². The van der Waals surface area contributed by atoms with Gasteiger partial charge in [-0.2, -0.15) is 0 Å². The molecule has 0 aromatic heterocycles. The second-order valence-corrected chi connectivity index (χ2v) is 6.98. The number of amides is 1. The van der Waals surface area contributed by atoms with Crippen LogP contribution >= 0.6 is 0 Å². The van der Waals surface area contributed by atoms with Crippen LogP contribution in [0.15, 0.2) is 42.5 Å². The fourth-order valence-electron chi connectivity index (χ4n) is 4.02. The zero-order valence-corrected chi connectivity index (χ0v) is 14.1. The summed E-state index contributed by atoms with van der Waals surface area (Å²) < 4.78 is 0. The minimum Gasteiger partial charge on any atom is -0.480 e. The number of hydrogen-bond donors (Lipinski definition) is 1. The molecule has 128 valence electrons. The van der Waals surface area contributed by atoms with Gasteiger partial charge in [0, 0.05) is 13.0 Å². The van der Waals surface area contributed by atoms with Crippen LogP contribution < -0.4 is 0 Å². The topological polar surface area (TPSA) is 57.6 Å². The molecular formula is C21H21NO3. The highest BCUT2D eigenvalue weighted by atomic mass is 16.4. The molecule has 1 N–H and O–H groups in total. The molecule has 0 fully saturated rings. The molecule has 4 heteroatoms. The number of aliphatic carboxylic acids is 1. The molecule has 0 spiro atoms. The summed E-state index contributed by atoms with van der Waals surface area (Å²) >= 11 is 0. The minimum absolute atomic E-state index is 0.111. The number of hydrogen-bond acceptors (Lipinski definition) is 2. The van der Waals surface area contributed by atoms with E-state index in [1.807, 2.05) is 30.3 Å². The monoisotopic (exact) mass is 335 g/mol. The van der Waals surface area contributed by atoms with Crippen LogP contribution in [0, 0.1) is 0 Å². The molecule has 4 nitrogen and oxygen atoms in total. The van der Waals surface area contributed by atoms with Crippen LogP contribution in [0.5, 0.6) is 0 Å². The number of carbonyl (C=O) groups excluding carboxylic acids is 1. The van der Waals surface area contributed by atoms with Crippen LogP contribution in [0.4, 0.5) is 0 Å². The standard InChI is InChI=1S/C21H21NO3/c23-20(11-14-8-9-15-6-3-7-16(15)10-14)22-13-18-5-2-1-4-17(18)12-19(22)21(24)25/h1-2,4-5,8-10,19H,3,6-7,11-13H2,(H,24,25). The summed E-state index contributed by atoms with van der Waals surface area (Å²) in [5.74, 6) is -1.04. The van der Waals surface area contributed by atoms with Crippen LogP contribution in [0.25, 0.3) is 0 Å². The van der Waals surface area contributed by atoms with Crippen LogP contribution in [-0.2, 0) is 41.8 Å². The Balaban J connectivity index is 1.56. The fourth-order valence-corrected chi connectivity index (χ4v) is 4.02. The largest absolute Gasteiger partial charge is 0.480 e. The molecule has 1 atom stereocenters. The van der Waals surface area contributed by atoms with Gasteiger partial charge in [0.1, 0.15) is 6.04 Å². The maximum absolute atomic E-state index is 12.9. The Labute approximate surface area is 147 Å². The molecule has 2 aromatic carbocycles. The van der Waals surface area contributed by atoms with E-state index in [1.165, 1.54) is 22.4 Å². The third kappa shape index (κ3) is 3.04. The molecule has 0 saturated heterocycles. The number of nitrogens with zero attached hydrogens (tertiary/aromatic N) is 1. The average Bonchev–Trinajstić information content (AvgIpc) is 3.08. The number of aryl methyl sites for hydroxylation is 2. The Morgan fingerprint density at radius 2 is 1.76 bits per heavy atom. The van der Waals surface area contributed by atoms with Crippen molar-refractivity contribution < 1.29 is 14.7 Å². The van der Waals surface area contributed by atoms with E-state index in [9.17, 15) is 14.7 Å². The van der Waals surface area contributed by atoms with Crippen molar-refractivity contribution in [3.05, 3.63) is 70.3 Å². The highest BCUT2D eigenvalue weighted by Gasteiger charge is 2.34. The number of fused-ring (bicyclic) bond motifs is 2. The minimum atomic E-state index is -0.934. The summed E-state index contributed by atoms with van der Waals surface area (Å²) in [6.45, 7) is 0.372. The first-order valence-corrected chi connectivity index (χ1v) is 8.81. The summed E-state index contributed by atoms with van der Waals surface area (Å²) in [7, 11) is 0. The molecular weight excluding hydrogens is 314 g/mol. The Morgan fingerprint density at radius 1 is 1.00 bits per heavy atom. The molecule has 0 bridgehead atoms. The third-order valence-electron chi connectivity index (χ3n) is 5.37. The van der Waals surface area contributed by atoms with Gasteiger partial charge >= 0.3 is 5.97 Å². The van der Waals surface area contributed by atoms with Crippen molar-refractivity contribution in [3.8, 4) is 0 Å². The molecule has 1 amide bonds. The lowest BCUT2D eigenvalue weighted by molar-refractivity contribution is -0.151. The first-order valence-electron chi connectivity index (χ1n) is 8.81. The zero-order chi connectivity index (χ0) is 17.4. The summed E-state index contributed by atoms with van der Waals surface area (Å²) in [6.07, 6.45) is 4.01. The Bertz CT molecular complexity index is 843. The number of carboxylic acids is 1. The van der Waals surface area contributed by atoms with Gasteiger partial charge < -0.3 is 10.0 Å². The van der Waals surface area contributed by atoms with E-state index in [4.69, 9.17) is 0 Å². The van der Waals surface area contributed by atoms with Gasteiger partial charge in [0.15, 0.2) is 0 Å². The zero-order valence-electron chi connectivity index (χ0n) is 14.1. The lowest BCUT2D eigenvalue weighted by Crippen LogP contribution is -2.49. The molecule has 1 aliphatic carbocycles. The quantitative estimate of drug-likeness (QED) is 0.938. The first-order chi connectivity index (χ1) is 12.1. The lowest BCUT2D eigenvalue weighted by atomic mass is 9.93. The number of benzene rings is 2. The number of carboxylic acid groups (broad SMARTS) is 1. The summed E-state index contributed by atoms with van der Waals surface area (Å²) in [6, 6.07) is 13.2. The molecule has 1 aliphatic heterocycles. The molecule has 25 heavy (non-hydrogen) atoms. The van der Waals surface area contributed by atoms with Crippen molar-refractivity contribution in [1.29, 1.82) is 0 Å². The summed E-state index contributed by atoms with van der Waals surface area (Å²) in [5.41, 5.74) is 5.77. The Kier molecular flexibility index (Phi) is 4.04. The van der Waals surface area contributed by atoms with Crippen molar-refractivity contribution in [2.45, 2.75) is 44.7 Å². The Morgan fingerprint density at radius 3 is 2.56 bits per heavy atom. The van der Waals surface area contributed by atoms with E-state index in [0.717, 1.165) is 29.5 Å². The van der Waals surface area contributed by atoms with Gasteiger partial charge in [0.25, 0.3) is 0 Å². The number of carbonyl (C=O) groups is 2. The van der Waals surface area contributed by atoms with E-state index >= 15 is 0 Å². The van der Waals surface area contributed by atoms with Crippen molar-refractivity contribution in [2.75, 3.05) is 0 Å². The second-order valence-electron chi connectivity index (χ2n) is 6.98. The van der Waals surface area contributed by atoms with Gasteiger partial charge in [0.2, 0.25) is 5.91 Å². The highest BCUT2D eigenvalue weighted by molar-refractivity contribution is 5.86. The van der Waals surface area contributed by atoms with Gasteiger partial charge in [0.05, 0.1) is 6.42 Å². The van der Waals surface area contributed by atoms with Crippen molar-refractivity contribution >= 4 is 11.9 Å². The van der Waals surface area contributed by atoms with Crippen molar-refractivity contribution in [1.82, 2.24) is 4.90 Å². The predicted octanol–water partition coefficient (Wildman–Crippen LogP) is 2.76. The molecule has 4 rings (SSSR count). The smallest absolute Gasteiger partial charge is 0.326 e. The van der Waals surface area contributed by atoms with Gasteiger partial charge in [-0.1, -0.05) is 42.5 Å². The maximum Gasteiger partial charge on any atom is 0.326 e. The van der Waals surface area contributed by atoms with E-state index in [1.54, 1.807) is 0 Å². The van der Waals surface area contributed by atoms with Gasteiger partial charge in [-0.3, -0.25) is 4.79 Å². The maximum atomic E-state index is 12.9. The average molecular weight is 335 g/mol. The third-order valence-corrected chi connectivity index (χ3v) is 5.37. The van der Waals surface area contributed by atoms with E-state index in [0.29, 0.717) is 13.0 Å². The van der Waals surface area contributed by atoms with Crippen LogP contribution in [-0.4, -0.2) is 27.9 Å². The molecule has 0 saturated carbocycles. The van der Waals surface area contributed by atoms with Crippen molar-refractivity contribution in [3.63, 3.8) is 0 Å². The molecule has 1 heterocycles. The first kappa shape index (κ1) is 15.9. The molecule has 2 aromatic rings. The molecule has 1 unspecified atom stereocenters. The SMILES string of the molecule is O=C(O)C1Cc2ccccc2CN1C(=O)Cc1ccc2c(c1)CCC2.